The Morgan fingerprint density at radius 1 is 0.639 bits per heavy atom. The zero-order chi connectivity index (χ0) is 25.5. The van der Waals surface area contributed by atoms with Crippen LogP contribution in [-0.2, 0) is 4.74 Å². The molecule has 5 N–H and O–H groups in total. The largest absolute Gasteiger partial charge is 0.388 e. The normalized spacial score (nSPS) is 23.3. The molecule has 3 aromatic carbocycles. The van der Waals surface area contributed by atoms with Crippen molar-refractivity contribution in [2.45, 2.75) is 30.6 Å². The first-order chi connectivity index (χ1) is 17.4. The van der Waals surface area contributed by atoms with Gasteiger partial charge < -0.3 is 30.9 Å². The fourth-order valence-electron chi connectivity index (χ4n) is 4.00. The third-order valence-corrected chi connectivity index (χ3v) is 5.92. The lowest BCUT2D eigenvalue weighted by molar-refractivity contribution is -0.218. The highest BCUT2D eigenvalue weighted by Crippen LogP contribution is 2.21. The molecule has 36 heavy (non-hydrogen) atoms. The van der Waals surface area contributed by atoms with E-state index in [0.717, 1.165) is 0 Å². The van der Waals surface area contributed by atoms with Crippen LogP contribution in [0.15, 0.2) is 91.0 Å². The molecule has 0 unspecified atom stereocenters. The van der Waals surface area contributed by atoms with Gasteiger partial charge in [-0.2, -0.15) is 0 Å². The Morgan fingerprint density at radius 2 is 1.06 bits per heavy atom. The van der Waals surface area contributed by atoms with Crippen molar-refractivity contribution in [2.24, 2.45) is 0 Å². The van der Waals surface area contributed by atoms with Gasteiger partial charge >= 0.3 is 0 Å². The van der Waals surface area contributed by atoms with E-state index in [1.165, 1.54) is 0 Å². The number of carbonyl (C=O) groups is 3. The van der Waals surface area contributed by atoms with Crippen molar-refractivity contribution in [1.29, 1.82) is 0 Å². The number of aliphatic hydroxyl groups excluding tert-OH is 2. The quantitative estimate of drug-likeness (QED) is 0.337. The fourth-order valence-corrected chi connectivity index (χ4v) is 4.00. The highest BCUT2D eigenvalue weighted by atomic mass is 16.6. The van der Waals surface area contributed by atoms with Gasteiger partial charge in [-0.15, -0.1) is 0 Å². The minimum atomic E-state index is -1.57. The zero-order valence-corrected chi connectivity index (χ0v) is 19.3. The molecule has 1 aliphatic rings. The van der Waals surface area contributed by atoms with Gasteiger partial charge in [0.25, 0.3) is 17.7 Å². The maximum Gasteiger partial charge on any atom is 0.251 e. The van der Waals surface area contributed by atoms with E-state index in [1.807, 2.05) is 0 Å². The maximum absolute atomic E-state index is 12.9. The topological polar surface area (TPSA) is 137 Å². The summed E-state index contributed by atoms with van der Waals surface area (Å²) in [4.78, 5) is 38.1. The molecular formula is C27H27N3O6. The van der Waals surface area contributed by atoms with Crippen LogP contribution in [0.4, 0.5) is 0 Å². The predicted molar refractivity (Wildman–Crippen MR) is 131 cm³/mol. The summed E-state index contributed by atoms with van der Waals surface area (Å²) in [7, 11) is 0. The van der Waals surface area contributed by atoms with Crippen LogP contribution in [-0.4, -0.2) is 65.1 Å². The van der Waals surface area contributed by atoms with Crippen LogP contribution in [0, 0.1) is 0 Å². The molecular weight excluding hydrogens is 462 g/mol. The van der Waals surface area contributed by atoms with Crippen LogP contribution < -0.4 is 16.0 Å². The van der Waals surface area contributed by atoms with Crippen molar-refractivity contribution in [3.63, 3.8) is 0 Å². The van der Waals surface area contributed by atoms with Crippen LogP contribution in [0.25, 0.3) is 0 Å². The number of amides is 3. The summed E-state index contributed by atoms with van der Waals surface area (Å²) in [6.45, 7) is -0.136. The first-order valence-corrected chi connectivity index (χ1v) is 11.5. The molecule has 1 aliphatic heterocycles. The molecule has 9 nitrogen and oxygen atoms in total. The zero-order valence-electron chi connectivity index (χ0n) is 19.3. The Hall–Kier alpha value is -4.05. The monoisotopic (exact) mass is 489 g/mol. The van der Waals surface area contributed by atoms with E-state index in [4.69, 9.17) is 4.74 Å². The lowest BCUT2D eigenvalue weighted by Gasteiger charge is -2.43. The van der Waals surface area contributed by atoms with Crippen LogP contribution in [0.1, 0.15) is 31.1 Å². The Bertz CT molecular complexity index is 1180. The van der Waals surface area contributed by atoms with E-state index >= 15 is 0 Å². The smallest absolute Gasteiger partial charge is 0.251 e. The van der Waals surface area contributed by atoms with Crippen molar-refractivity contribution in [3.05, 3.63) is 108 Å². The Labute approximate surface area is 208 Å². The van der Waals surface area contributed by atoms with Crippen molar-refractivity contribution < 1.29 is 29.3 Å². The number of rotatable bonds is 7. The second-order valence-electron chi connectivity index (χ2n) is 8.36. The van der Waals surface area contributed by atoms with E-state index in [-0.39, 0.29) is 12.5 Å². The molecule has 0 aromatic heterocycles. The van der Waals surface area contributed by atoms with E-state index in [1.54, 1.807) is 91.0 Å². The Kier molecular flexibility index (Phi) is 8.06. The number of benzene rings is 3. The number of carbonyl (C=O) groups excluding carboxylic acids is 3. The fraction of sp³-hybridized carbons (Fsp3) is 0.222. The SMILES string of the molecule is O=C(NC[C@H]1O[C@@H](O)[C@H](NC(=O)c2ccccc2)[C@H](NC(=O)c2ccccc2)[C@@H]1O)c1ccccc1. The molecule has 0 bridgehead atoms. The van der Waals surface area contributed by atoms with Gasteiger partial charge in [0.05, 0.1) is 6.04 Å². The van der Waals surface area contributed by atoms with Gasteiger partial charge in [-0.05, 0) is 36.4 Å². The van der Waals surface area contributed by atoms with Crippen LogP contribution in [0.5, 0.6) is 0 Å². The first-order valence-electron chi connectivity index (χ1n) is 11.5. The standard InChI is InChI=1S/C27H27N3O6/c31-23-20(16-28-24(32)17-10-4-1-5-11-17)36-27(35)22(30-26(34)19-14-8-3-9-15-19)21(23)29-25(33)18-12-6-2-7-13-18/h1-15,20-23,27,31,35H,16H2,(H,28,32)(H,29,33)(H,30,34)/t20-,21+,22-,23-,27-/m1/s1. The lowest BCUT2D eigenvalue weighted by Crippen LogP contribution is -2.69. The van der Waals surface area contributed by atoms with Crippen molar-refractivity contribution >= 4 is 17.7 Å². The molecule has 4 rings (SSSR count). The van der Waals surface area contributed by atoms with Crippen LogP contribution in [0.3, 0.4) is 0 Å². The number of aliphatic hydroxyl groups is 2. The number of nitrogens with one attached hydrogen (secondary N) is 3. The summed E-state index contributed by atoms with van der Waals surface area (Å²) in [5.41, 5.74) is 1.10. The summed E-state index contributed by atoms with van der Waals surface area (Å²) in [5, 5.41) is 29.9. The van der Waals surface area contributed by atoms with Gasteiger partial charge in [0.15, 0.2) is 6.29 Å². The molecule has 9 heteroatoms. The first kappa shape index (κ1) is 25.1. The van der Waals surface area contributed by atoms with E-state index in [0.29, 0.717) is 16.7 Å². The summed E-state index contributed by atoms with van der Waals surface area (Å²) < 4.78 is 5.58. The summed E-state index contributed by atoms with van der Waals surface area (Å²) in [6, 6.07) is 22.9. The number of hydrogen-bond acceptors (Lipinski definition) is 6. The molecule has 0 saturated carbocycles. The van der Waals surface area contributed by atoms with Crippen LogP contribution in [0.2, 0.25) is 0 Å². The summed E-state index contributed by atoms with van der Waals surface area (Å²) >= 11 is 0. The summed E-state index contributed by atoms with van der Waals surface area (Å²) in [6.07, 6.45) is -3.99. The molecule has 0 radical (unpaired) electrons. The number of hydrogen-bond donors (Lipinski definition) is 5. The number of ether oxygens (including phenoxy) is 1. The van der Waals surface area contributed by atoms with Gasteiger partial charge in [0.1, 0.15) is 18.2 Å². The van der Waals surface area contributed by atoms with Gasteiger partial charge in [-0.3, -0.25) is 14.4 Å². The van der Waals surface area contributed by atoms with Crippen molar-refractivity contribution in [2.75, 3.05) is 6.54 Å². The van der Waals surface area contributed by atoms with Gasteiger partial charge in [-0.25, -0.2) is 0 Å². The Balaban J connectivity index is 1.52. The van der Waals surface area contributed by atoms with Gasteiger partial charge in [0, 0.05) is 23.2 Å². The summed E-state index contributed by atoms with van der Waals surface area (Å²) in [5.74, 6) is -1.39. The van der Waals surface area contributed by atoms with Gasteiger partial charge in [0.2, 0.25) is 0 Å². The second-order valence-corrected chi connectivity index (χ2v) is 8.36. The predicted octanol–water partition coefficient (Wildman–Crippen LogP) is 1.09. The minimum absolute atomic E-state index is 0.136. The maximum atomic E-state index is 12.9. The van der Waals surface area contributed by atoms with Gasteiger partial charge in [-0.1, -0.05) is 54.6 Å². The third kappa shape index (κ3) is 5.95. The highest BCUT2D eigenvalue weighted by molar-refractivity contribution is 5.96. The van der Waals surface area contributed by atoms with Crippen molar-refractivity contribution in [3.8, 4) is 0 Å². The second kappa shape index (κ2) is 11.6. The highest BCUT2D eigenvalue weighted by Gasteiger charge is 2.46. The molecule has 1 fully saturated rings. The molecule has 1 saturated heterocycles. The minimum Gasteiger partial charge on any atom is -0.388 e. The molecule has 5 atom stereocenters. The molecule has 3 amide bonds. The molecule has 186 valence electrons. The van der Waals surface area contributed by atoms with Crippen molar-refractivity contribution in [1.82, 2.24) is 16.0 Å². The molecule has 0 spiro atoms. The van der Waals surface area contributed by atoms with Crippen LogP contribution >= 0.6 is 0 Å². The third-order valence-electron chi connectivity index (χ3n) is 5.92. The molecule has 1 heterocycles. The van der Waals surface area contributed by atoms with E-state index < -0.39 is 42.4 Å². The molecule has 3 aromatic rings. The average Bonchev–Trinajstić information content (AvgIpc) is 2.92. The van der Waals surface area contributed by atoms with E-state index in [2.05, 4.69) is 16.0 Å². The molecule has 0 aliphatic carbocycles. The Morgan fingerprint density at radius 3 is 1.53 bits per heavy atom. The average molecular weight is 490 g/mol. The van der Waals surface area contributed by atoms with E-state index in [9.17, 15) is 24.6 Å². The lowest BCUT2D eigenvalue weighted by atomic mass is 9.92.